The average molecular weight is 532 g/mol. The van der Waals surface area contributed by atoms with Crippen LogP contribution in [-0.2, 0) is 0 Å². The standard InChI is InChI=1S/C20H23ClFN5O.HI/c21-18-4-2-1-3-17(18)19(28)24-9-10-25-20(23)27-13-11-26(12-14-27)16-7-5-15(22)6-8-16;/h1-8H,9-14H2,(H2,23,25)(H,24,28);1H. The molecule has 2 aromatic carbocycles. The Balaban J connectivity index is 0.00000300. The zero-order chi connectivity index (χ0) is 19.9. The molecule has 0 radical (unpaired) electrons. The first-order valence-electron chi connectivity index (χ1n) is 9.12. The number of piperazine rings is 1. The molecule has 0 aliphatic carbocycles. The molecular formula is C20H24ClFIN5O. The first-order chi connectivity index (χ1) is 13.5. The lowest BCUT2D eigenvalue weighted by atomic mass is 10.2. The minimum Gasteiger partial charge on any atom is -0.370 e. The Hall–Kier alpha value is -2.07. The van der Waals surface area contributed by atoms with Crippen molar-refractivity contribution in [1.82, 2.24) is 10.2 Å². The highest BCUT2D eigenvalue weighted by molar-refractivity contribution is 14.0. The minimum absolute atomic E-state index is 0. The van der Waals surface area contributed by atoms with E-state index in [1.807, 2.05) is 4.90 Å². The van der Waals surface area contributed by atoms with Gasteiger partial charge in [0.05, 0.1) is 17.1 Å². The number of nitrogens with one attached hydrogen (secondary N) is 1. The van der Waals surface area contributed by atoms with Crippen LogP contribution in [-0.4, -0.2) is 56.0 Å². The van der Waals surface area contributed by atoms with Gasteiger partial charge in [0.2, 0.25) is 0 Å². The number of halogens is 3. The number of amides is 1. The Labute approximate surface area is 191 Å². The molecule has 1 heterocycles. The first kappa shape index (κ1) is 23.2. The summed E-state index contributed by atoms with van der Waals surface area (Å²) in [7, 11) is 0. The molecule has 1 fully saturated rings. The van der Waals surface area contributed by atoms with Gasteiger partial charge in [-0.15, -0.1) is 24.0 Å². The van der Waals surface area contributed by atoms with Crippen LogP contribution >= 0.6 is 35.6 Å². The Kier molecular flexibility index (Phi) is 8.97. The highest BCUT2D eigenvalue weighted by Crippen LogP contribution is 2.17. The topological polar surface area (TPSA) is 74.0 Å². The summed E-state index contributed by atoms with van der Waals surface area (Å²) in [5.74, 6) is -0.00146. The molecule has 156 valence electrons. The predicted octanol–water partition coefficient (Wildman–Crippen LogP) is 2.96. The van der Waals surface area contributed by atoms with Gasteiger partial charge in [0.1, 0.15) is 5.82 Å². The first-order valence-corrected chi connectivity index (χ1v) is 9.50. The summed E-state index contributed by atoms with van der Waals surface area (Å²) in [5.41, 5.74) is 7.52. The van der Waals surface area contributed by atoms with Gasteiger partial charge < -0.3 is 20.9 Å². The van der Waals surface area contributed by atoms with Crippen LogP contribution in [0.25, 0.3) is 0 Å². The molecule has 1 aliphatic rings. The van der Waals surface area contributed by atoms with E-state index in [-0.39, 0.29) is 35.7 Å². The van der Waals surface area contributed by atoms with E-state index in [4.69, 9.17) is 17.3 Å². The second-order valence-corrected chi connectivity index (χ2v) is 6.83. The monoisotopic (exact) mass is 531 g/mol. The Morgan fingerprint density at radius 3 is 2.41 bits per heavy atom. The van der Waals surface area contributed by atoms with E-state index in [0.717, 1.165) is 31.9 Å². The van der Waals surface area contributed by atoms with Gasteiger partial charge in [0.25, 0.3) is 5.91 Å². The van der Waals surface area contributed by atoms with Crippen molar-refractivity contribution < 1.29 is 9.18 Å². The summed E-state index contributed by atoms with van der Waals surface area (Å²) in [4.78, 5) is 20.6. The summed E-state index contributed by atoms with van der Waals surface area (Å²) in [6.45, 7) is 3.80. The van der Waals surface area contributed by atoms with E-state index in [2.05, 4.69) is 15.2 Å². The third kappa shape index (κ3) is 6.46. The van der Waals surface area contributed by atoms with Crippen LogP contribution in [0.2, 0.25) is 5.02 Å². The van der Waals surface area contributed by atoms with E-state index in [1.54, 1.807) is 36.4 Å². The summed E-state index contributed by atoms with van der Waals surface area (Å²) in [5, 5.41) is 3.21. The smallest absolute Gasteiger partial charge is 0.252 e. The molecule has 0 saturated carbocycles. The number of guanidine groups is 1. The maximum atomic E-state index is 13.0. The van der Waals surface area contributed by atoms with E-state index in [9.17, 15) is 9.18 Å². The summed E-state index contributed by atoms with van der Waals surface area (Å²) in [6, 6.07) is 13.4. The van der Waals surface area contributed by atoms with E-state index in [0.29, 0.717) is 29.6 Å². The predicted molar refractivity (Wildman–Crippen MR) is 126 cm³/mol. The van der Waals surface area contributed by atoms with Crippen molar-refractivity contribution in [3.8, 4) is 0 Å². The number of hydrogen-bond donors (Lipinski definition) is 2. The normalized spacial score (nSPS) is 14.3. The summed E-state index contributed by atoms with van der Waals surface area (Å²) >= 11 is 6.01. The van der Waals surface area contributed by atoms with Crippen LogP contribution < -0.4 is 16.0 Å². The number of nitrogens with zero attached hydrogens (tertiary/aromatic N) is 3. The molecule has 9 heteroatoms. The van der Waals surface area contributed by atoms with Crippen LogP contribution in [0.5, 0.6) is 0 Å². The molecule has 3 rings (SSSR count). The fourth-order valence-electron chi connectivity index (χ4n) is 3.03. The van der Waals surface area contributed by atoms with Crippen LogP contribution in [0, 0.1) is 5.82 Å². The molecule has 0 aromatic heterocycles. The van der Waals surface area contributed by atoms with Crippen LogP contribution in [0.15, 0.2) is 53.5 Å². The number of carbonyl (C=O) groups is 1. The van der Waals surface area contributed by atoms with Crippen molar-refractivity contribution in [3.05, 3.63) is 64.9 Å². The maximum Gasteiger partial charge on any atom is 0.252 e. The van der Waals surface area contributed by atoms with Crippen molar-refractivity contribution in [2.45, 2.75) is 0 Å². The third-order valence-electron chi connectivity index (χ3n) is 4.59. The lowest BCUT2D eigenvalue weighted by Gasteiger charge is -2.36. The van der Waals surface area contributed by atoms with Crippen molar-refractivity contribution in [2.24, 2.45) is 10.7 Å². The van der Waals surface area contributed by atoms with Gasteiger partial charge in [0, 0.05) is 38.4 Å². The van der Waals surface area contributed by atoms with Crippen LogP contribution in [0.1, 0.15) is 10.4 Å². The largest absolute Gasteiger partial charge is 0.370 e. The van der Waals surface area contributed by atoms with Crippen molar-refractivity contribution in [1.29, 1.82) is 0 Å². The average Bonchev–Trinajstić information content (AvgIpc) is 2.72. The highest BCUT2D eigenvalue weighted by atomic mass is 127. The van der Waals surface area contributed by atoms with Crippen LogP contribution in [0.4, 0.5) is 10.1 Å². The zero-order valence-corrected chi connectivity index (χ0v) is 18.9. The number of carbonyl (C=O) groups excluding carboxylic acids is 1. The summed E-state index contributed by atoms with van der Waals surface area (Å²) < 4.78 is 13.0. The molecule has 0 atom stereocenters. The maximum absolute atomic E-state index is 13.0. The second-order valence-electron chi connectivity index (χ2n) is 6.43. The van der Waals surface area contributed by atoms with Gasteiger partial charge in [-0.05, 0) is 36.4 Å². The summed E-state index contributed by atoms with van der Waals surface area (Å²) in [6.07, 6.45) is 0. The van der Waals surface area contributed by atoms with Gasteiger partial charge >= 0.3 is 0 Å². The van der Waals surface area contributed by atoms with Crippen molar-refractivity contribution in [3.63, 3.8) is 0 Å². The van der Waals surface area contributed by atoms with Gasteiger partial charge in [-0.25, -0.2) is 4.39 Å². The lowest BCUT2D eigenvalue weighted by molar-refractivity contribution is 0.0955. The zero-order valence-electron chi connectivity index (χ0n) is 15.9. The number of hydrogen-bond acceptors (Lipinski definition) is 3. The molecule has 2 aromatic rings. The van der Waals surface area contributed by atoms with Crippen molar-refractivity contribution >= 4 is 53.1 Å². The fraction of sp³-hybridized carbons (Fsp3) is 0.300. The van der Waals surface area contributed by atoms with Crippen LogP contribution in [0.3, 0.4) is 0 Å². The molecule has 1 aliphatic heterocycles. The minimum atomic E-state index is -0.236. The van der Waals surface area contributed by atoms with E-state index >= 15 is 0 Å². The van der Waals surface area contributed by atoms with Gasteiger partial charge in [-0.2, -0.15) is 0 Å². The second kappa shape index (κ2) is 11.2. The van der Waals surface area contributed by atoms with E-state index < -0.39 is 0 Å². The number of benzene rings is 2. The SMILES string of the molecule is I.NC(=NCCNC(=O)c1ccccc1Cl)N1CCN(c2ccc(F)cc2)CC1. The molecule has 6 nitrogen and oxygen atoms in total. The molecule has 29 heavy (non-hydrogen) atoms. The van der Waals surface area contributed by atoms with Gasteiger partial charge in [0.15, 0.2) is 5.96 Å². The van der Waals surface area contributed by atoms with Gasteiger partial charge in [-0.3, -0.25) is 9.79 Å². The molecule has 1 saturated heterocycles. The fourth-order valence-corrected chi connectivity index (χ4v) is 3.25. The molecule has 0 spiro atoms. The quantitative estimate of drug-likeness (QED) is 0.269. The molecule has 0 unspecified atom stereocenters. The lowest BCUT2D eigenvalue weighted by Crippen LogP contribution is -2.51. The molecule has 0 bridgehead atoms. The highest BCUT2D eigenvalue weighted by Gasteiger charge is 2.18. The molecular weight excluding hydrogens is 508 g/mol. The van der Waals surface area contributed by atoms with E-state index in [1.165, 1.54) is 12.1 Å². The Bertz CT molecular complexity index is 841. The number of anilines is 1. The number of aliphatic imine (C=N–C) groups is 1. The third-order valence-corrected chi connectivity index (χ3v) is 4.91. The Morgan fingerprint density at radius 2 is 1.76 bits per heavy atom. The Morgan fingerprint density at radius 1 is 1.10 bits per heavy atom. The molecule has 1 amide bonds. The number of rotatable bonds is 5. The van der Waals surface area contributed by atoms with Gasteiger partial charge in [-0.1, -0.05) is 23.7 Å². The molecule has 3 N–H and O–H groups in total. The van der Waals surface area contributed by atoms with Crippen molar-refractivity contribution in [2.75, 3.05) is 44.2 Å². The number of nitrogens with two attached hydrogens (primary N) is 1.